The van der Waals surface area contributed by atoms with Gasteiger partial charge in [-0.05, 0) is 66.1 Å². The Bertz CT molecular complexity index is 1080. The van der Waals surface area contributed by atoms with Crippen molar-refractivity contribution in [3.63, 3.8) is 0 Å². The van der Waals surface area contributed by atoms with Gasteiger partial charge in [-0.25, -0.2) is 0 Å². The van der Waals surface area contributed by atoms with Crippen LogP contribution in [0.1, 0.15) is 11.1 Å². The molecular weight excluding hydrogens is 458 g/mol. The van der Waals surface area contributed by atoms with Crippen LogP contribution < -0.4 is 15.8 Å². The standard InChI is InChI=1S/C24H22BrN3O3/c25-18-5-9-20(10-6-18)31-21-11-7-19(8-12-21)27-23(29)15-28-14-17-4-2-1-3-16(17)13-22(28)24(26)30/h1-12,22H,13-15H2,(H2,26,30)(H,27,29)/t22-/m0/s1. The number of carbonyl (C=O) groups is 2. The van der Waals surface area contributed by atoms with E-state index in [1.54, 1.807) is 24.3 Å². The molecule has 0 unspecified atom stereocenters. The van der Waals surface area contributed by atoms with Gasteiger partial charge in [-0.2, -0.15) is 0 Å². The lowest BCUT2D eigenvalue weighted by atomic mass is 9.93. The molecule has 0 saturated heterocycles. The highest BCUT2D eigenvalue weighted by atomic mass is 79.9. The smallest absolute Gasteiger partial charge is 0.238 e. The molecule has 3 aromatic rings. The lowest BCUT2D eigenvalue weighted by Gasteiger charge is -2.34. The normalized spacial score (nSPS) is 15.7. The number of halogens is 1. The largest absolute Gasteiger partial charge is 0.457 e. The number of anilines is 1. The average molecular weight is 480 g/mol. The molecule has 0 radical (unpaired) electrons. The summed E-state index contributed by atoms with van der Waals surface area (Å²) in [6.07, 6.45) is 0.515. The van der Waals surface area contributed by atoms with Crippen molar-refractivity contribution in [3.05, 3.63) is 88.4 Å². The van der Waals surface area contributed by atoms with Gasteiger partial charge in [-0.15, -0.1) is 0 Å². The number of carbonyl (C=O) groups excluding carboxylic acids is 2. The number of amides is 2. The molecule has 6 nitrogen and oxygen atoms in total. The molecule has 3 aromatic carbocycles. The van der Waals surface area contributed by atoms with Crippen LogP contribution in [0.5, 0.6) is 11.5 Å². The van der Waals surface area contributed by atoms with Gasteiger partial charge in [-0.1, -0.05) is 40.2 Å². The predicted molar refractivity (Wildman–Crippen MR) is 123 cm³/mol. The fraction of sp³-hybridized carbons (Fsp3) is 0.167. The third kappa shape index (κ3) is 5.31. The molecule has 0 spiro atoms. The molecule has 0 aliphatic carbocycles. The molecule has 0 bridgehead atoms. The first kappa shape index (κ1) is 21.1. The van der Waals surface area contributed by atoms with Gasteiger partial charge in [0.1, 0.15) is 11.5 Å². The molecule has 1 aliphatic heterocycles. The van der Waals surface area contributed by atoms with Gasteiger partial charge in [0, 0.05) is 16.7 Å². The minimum Gasteiger partial charge on any atom is -0.457 e. The quantitative estimate of drug-likeness (QED) is 0.557. The van der Waals surface area contributed by atoms with Gasteiger partial charge in [0.05, 0.1) is 12.6 Å². The zero-order chi connectivity index (χ0) is 21.8. The molecule has 1 aliphatic rings. The van der Waals surface area contributed by atoms with Gasteiger partial charge in [-0.3, -0.25) is 14.5 Å². The van der Waals surface area contributed by atoms with Crippen molar-refractivity contribution in [1.82, 2.24) is 4.90 Å². The summed E-state index contributed by atoms with van der Waals surface area (Å²) in [6, 6.07) is 22.1. The van der Waals surface area contributed by atoms with Gasteiger partial charge in [0.15, 0.2) is 0 Å². The van der Waals surface area contributed by atoms with E-state index in [1.807, 2.05) is 53.4 Å². The maximum absolute atomic E-state index is 12.6. The summed E-state index contributed by atoms with van der Waals surface area (Å²) in [4.78, 5) is 26.4. The molecule has 158 valence electrons. The van der Waals surface area contributed by atoms with Crippen molar-refractivity contribution >= 4 is 33.4 Å². The van der Waals surface area contributed by atoms with E-state index in [0.717, 1.165) is 21.3 Å². The van der Waals surface area contributed by atoms with E-state index in [-0.39, 0.29) is 12.5 Å². The maximum Gasteiger partial charge on any atom is 0.238 e. The van der Waals surface area contributed by atoms with Crippen molar-refractivity contribution in [3.8, 4) is 11.5 Å². The number of nitrogens with two attached hydrogens (primary N) is 1. The number of hydrogen-bond donors (Lipinski definition) is 2. The van der Waals surface area contributed by atoms with E-state index in [1.165, 1.54) is 0 Å². The first-order valence-electron chi connectivity index (χ1n) is 9.91. The van der Waals surface area contributed by atoms with Gasteiger partial charge in [0.2, 0.25) is 11.8 Å². The Balaban J connectivity index is 1.37. The molecule has 31 heavy (non-hydrogen) atoms. The topological polar surface area (TPSA) is 84.7 Å². The first-order valence-corrected chi connectivity index (χ1v) is 10.7. The fourth-order valence-electron chi connectivity index (χ4n) is 3.65. The van der Waals surface area contributed by atoms with Crippen LogP contribution in [0.15, 0.2) is 77.3 Å². The summed E-state index contributed by atoms with van der Waals surface area (Å²) in [7, 11) is 0. The third-order valence-corrected chi connectivity index (χ3v) is 5.74. The van der Waals surface area contributed by atoms with Crippen molar-refractivity contribution < 1.29 is 14.3 Å². The summed E-state index contributed by atoms with van der Waals surface area (Å²) < 4.78 is 6.78. The molecule has 2 amide bonds. The number of benzene rings is 3. The fourth-order valence-corrected chi connectivity index (χ4v) is 3.92. The minimum atomic E-state index is -0.498. The van der Waals surface area contributed by atoms with E-state index >= 15 is 0 Å². The van der Waals surface area contributed by atoms with E-state index in [4.69, 9.17) is 10.5 Å². The Morgan fingerprint density at radius 1 is 0.968 bits per heavy atom. The van der Waals surface area contributed by atoms with Crippen LogP contribution in [0, 0.1) is 0 Å². The second-order valence-electron chi connectivity index (χ2n) is 7.42. The van der Waals surface area contributed by atoms with Gasteiger partial charge >= 0.3 is 0 Å². The summed E-state index contributed by atoms with van der Waals surface area (Å²) in [6.45, 7) is 0.594. The molecule has 7 heteroatoms. The Kier molecular flexibility index (Phi) is 6.34. The van der Waals surface area contributed by atoms with Crippen LogP contribution in [0.3, 0.4) is 0 Å². The molecule has 0 saturated carbocycles. The Morgan fingerprint density at radius 2 is 1.58 bits per heavy atom. The highest BCUT2D eigenvalue weighted by molar-refractivity contribution is 9.10. The molecule has 4 rings (SSSR count). The van der Waals surface area contributed by atoms with Crippen molar-refractivity contribution in [2.24, 2.45) is 5.73 Å². The van der Waals surface area contributed by atoms with Crippen LogP contribution >= 0.6 is 15.9 Å². The second-order valence-corrected chi connectivity index (χ2v) is 8.34. The zero-order valence-electron chi connectivity index (χ0n) is 16.8. The maximum atomic E-state index is 12.6. The van der Waals surface area contributed by atoms with Crippen LogP contribution in [0.4, 0.5) is 5.69 Å². The Labute approximate surface area is 189 Å². The van der Waals surface area contributed by atoms with Gasteiger partial charge < -0.3 is 15.8 Å². The highest BCUT2D eigenvalue weighted by Gasteiger charge is 2.31. The SMILES string of the molecule is NC(=O)[C@@H]1Cc2ccccc2CN1CC(=O)Nc1ccc(Oc2ccc(Br)cc2)cc1. The van der Waals surface area contributed by atoms with Crippen molar-refractivity contribution in [2.45, 2.75) is 19.0 Å². The molecule has 1 atom stereocenters. The van der Waals surface area contributed by atoms with Gasteiger partial charge in [0.25, 0.3) is 0 Å². The summed E-state index contributed by atoms with van der Waals surface area (Å²) >= 11 is 3.39. The third-order valence-electron chi connectivity index (χ3n) is 5.21. The Morgan fingerprint density at radius 3 is 2.23 bits per heavy atom. The number of hydrogen-bond acceptors (Lipinski definition) is 4. The van der Waals surface area contributed by atoms with Crippen LogP contribution in [-0.4, -0.2) is 29.3 Å². The molecule has 3 N–H and O–H groups in total. The molecule has 1 heterocycles. The number of rotatable bonds is 6. The van der Waals surface area contributed by atoms with Crippen LogP contribution in [0.25, 0.3) is 0 Å². The number of nitrogens with zero attached hydrogens (tertiary/aromatic N) is 1. The number of nitrogens with one attached hydrogen (secondary N) is 1. The summed E-state index contributed by atoms with van der Waals surface area (Å²) in [5, 5.41) is 2.88. The lowest BCUT2D eigenvalue weighted by Crippen LogP contribution is -2.50. The predicted octanol–water partition coefficient (Wildman–Crippen LogP) is 4.09. The Hall–Kier alpha value is -3.16. The van der Waals surface area contributed by atoms with Crippen LogP contribution in [0.2, 0.25) is 0 Å². The number of ether oxygens (including phenoxy) is 1. The lowest BCUT2D eigenvalue weighted by molar-refractivity contribution is -0.125. The van der Waals surface area contributed by atoms with Crippen LogP contribution in [-0.2, 0) is 22.6 Å². The second kappa shape index (κ2) is 9.32. The zero-order valence-corrected chi connectivity index (χ0v) is 18.3. The van der Waals surface area contributed by atoms with E-state index in [9.17, 15) is 9.59 Å². The summed E-state index contributed by atoms with van der Waals surface area (Å²) in [5.74, 6) is 0.772. The number of fused-ring (bicyclic) bond motifs is 1. The van der Waals surface area contributed by atoms with E-state index in [0.29, 0.717) is 24.4 Å². The molecule has 0 aromatic heterocycles. The number of primary amides is 1. The van der Waals surface area contributed by atoms with E-state index < -0.39 is 11.9 Å². The van der Waals surface area contributed by atoms with Crippen molar-refractivity contribution in [1.29, 1.82) is 0 Å². The monoisotopic (exact) mass is 479 g/mol. The summed E-state index contributed by atoms with van der Waals surface area (Å²) in [5.41, 5.74) is 8.47. The first-order chi connectivity index (χ1) is 15.0. The van der Waals surface area contributed by atoms with E-state index in [2.05, 4.69) is 21.2 Å². The minimum absolute atomic E-state index is 0.0824. The van der Waals surface area contributed by atoms with Crippen molar-refractivity contribution in [2.75, 3.05) is 11.9 Å². The highest BCUT2D eigenvalue weighted by Crippen LogP contribution is 2.25. The molecule has 0 fully saturated rings. The average Bonchev–Trinajstić information content (AvgIpc) is 2.76. The molecular formula is C24H22BrN3O3.